The van der Waals surface area contributed by atoms with Gasteiger partial charge in [-0.15, -0.1) is 0 Å². The van der Waals surface area contributed by atoms with Crippen molar-refractivity contribution >= 4 is 5.91 Å². The summed E-state index contributed by atoms with van der Waals surface area (Å²) in [5, 5.41) is 11.6. The lowest BCUT2D eigenvalue weighted by atomic mass is 10.0. The van der Waals surface area contributed by atoms with Crippen LogP contribution in [0.25, 0.3) is 0 Å². The Kier molecular flexibility index (Phi) is 6.13. The number of aryl methyl sites for hydroxylation is 1. The molecule has 1 amide bonds. The predicted octanol–water partition coefficient (Wildman–Crippen LogP) is 3.75. The Morgan fingerprint density at radius 3 is 2.39 bits per heavy atom. The molecular weight excluding hydrogens is 354 g/mol. The van der Waals surface area contributed by atoms with Gasteiger partial charge < -0.3 is 10.1 Å². The van der Waals surface area contributed by atoms with Gasteiger partial charge in [-0.25, -0.2) is 4.68 Å². The van der Waals surface area contributed by atoms with Crippen LogP contribution in [0.15, 0.2) is 48.8 Å². The van der Waals surface area contributed by atoms with Crippen LogP contribution in [0.5, 0.6) is 5.75 Å². The molecule has 28 heavy (non-hydrogen) atoms. The second kappa shape index (κ2) is 8.73. The fourth-order valence-electron chi connectivity index (χ4n) is 2.77. The number of carbonyl (C=O) groups excluding carboxylic acids is 1. The SMILES string of the molecule is CCn1ccc(C(C)NC(=O)c2ccn(COc3ccc(C(C)C)cc3)n2)n1. The van der Waals surface area contributed by atoms with Crippen molar-refractivity contribution in [3.8, 4) is 5.75 Å². The number of aromatic nitrogens is 4. The van der Waals surface area contributed by atoms with Gasteiger partial charge in [0.2, 0.25) is 0 Å². The Balaban J connectivity index is 1.54. The summed E-state index contributed by atoms with van der Waals surface area (Å²) in [6.45, 7) is 9.27. The molecule has 2 aromatic heterocycles. The van der Waals surface area contributed by atoms with E-state index < -0.39 is 0 Å². The fourth-order valence-corrected chi connectivity index (χ4v) is 2.77. The Bertz CT molecular complexity index is 911. The van der Waals surface area contributed by atoms with Crippen LogP contribution < -0.4 is 10.1 Å². The van der Waals surface area contributed by atoms with Gasteiger partial charge in [0.15, 0.2) is 6.73 Å². The minimum absolute atomic E-state index is 0.193. The summed E-state index contributed by atoms with van der Waals surface area (Å²) in [5.41, 5.74) is 2.44. The number of hydrogen-bond acceptors (Lipinski definition) is 4. The van der Waals surface area contributed by atoms with Gasteiger partial charge in [-0.05, 0) is 49.6 Å². The summed E-state index contributed by atoms with van der Waals surface area (Å²) < 4.78 is 9.17. The van der Waals surface area contributed by atoms with Crippen LogP contribution in [0.2, 0.25) is 0 Å². The van der Waals surface area contributed by atoms with Crippen molar-refractivity contribution in [1.82, 2.24) is 24.9 Å². The van der Waals surface area contributed by atoms with Crippen LogP contribution >= 0.6 is 0 Å². The molecule has 0 saturated carbocycles. The molecule has 3 aromatic rings. The normalized spacial score (nSPS) is 12.2. The van der Waals surface area contributed by atoms with Crippen molar-refractivity contribution in [2.75, 3.05) is 0 Å². The first kappa shape index (κ1) is 19.7. The van der Waals surface area contributed by atoms with Crippen LogP contribution in [0.3, 0.4) is 0 Å². The standard InChI is InChI=1S/C21H27N5O2/c1-5-25-12-10-19(23-25)16(4)22-21(27)20-11-13-26(24-20)14-28-18-8-6-17(7-9-18)15(2)3/h6-13,15-16H,5,14H2,1-4H3,(H,22,27). The number of amides is 1. The molecule has 0 aliphatic rings. The van der Waals surface area contributed by atoms with E-state index in [0.717, 1.165) is 18.0 Å². The second-order valence-corrected chi connectivity index (χ2v) is 7.03. The summed E-state index contributed by atoms with van der Waals surface area (Å²) in [7, 11) is 0. The van der Waals surface area contributed by atoms with Gasteiger partial charge in [-0.3, -0.25) is 9.48 Å². The topological polar surface area (TPSA) is 74.0 Å². The Morgan fingerprint density at radius 2 is 1.75 bits per heavy atom. The monoisotopic (exact) mass is 381 g/mol. The number of rotatable bonds is 8. The third kappa shape index (κ3) is 4.79. The zero-order chi connectivity index (χ0) is 20.1. The van der Waals surface area contributed by atoms with Crippen LogP contribution in [-0.4, -0.2) is 25.5 Å². The molecule has 0 spiro atoms. The van der Waals surface area contributed by atoms with Crippen LogP contribution in [0, 0.1) is 0 Å². The van der Waals surface area contributed by atoms with E-state index in [9.17, 15) is 4.79 Å². The van der Waals surface area contributed by atoms with Crippen molar-refractivity contribution in [1.29, 1.82) is 0 Å². The average molecular weight is 381 g/mol. The van der Waals surface area contributed by atoms with E-state index >= 15 is 0 Å². The number of carbonyl (C=O) groups is 1. The van der Waals surface area contributed by atoms with Crippen LogP contribution in [-0.2, 0) is 13.3 Å². The number of ether oxygens (including phenoxy) is 1. The number of hydrogen-bond donors (Lipinski definition) is 1. The zero-order valence-electron chi connectivity index (χ0n) is 16.8. The molecule has 7 nitrogen and oxygen atoms in total. The summed E-state index contributed by atoms with van der Waals surface area (Å²) >= 11 is 0. The molecule has 148 valence electrons. The summed E-state index contributed by atoms with van der Waals surface area (Å²) in [4.78, 5) is 12.4. The molecule has 1 N–H and O–H groups in total. The molecule has 2 heterocycles. The maximum absolute atomic E-state index is 12.4. The van der Waals surface area contributed by atoms with Crippen molar-refractivity contribution in [2.45, 2.75) is 52.9 Å². The highest BCUT2D eigenvalue weighted by molar-refractivity contribution is 5.92. The van der Waals surface area contributed by atoms with Gasteiger partial charge in [-0.2, -0.15) is 10.2 Å². The first-order valence-corrected chi connectivity index (χ1v) is 9.56. The maximum Gasteiger partial charge on any atom is 0.272 e. The third-order valence-electron chi connectivity index (χ3n) is 4.56. The Morgan fingerprint density at radius 1 is 1.04 bits per heavy atom. The van der Waals surface area contributed by atoms with Gasteiger partial charge in [0.1, 0.15) is 11.4 Å². The average Bonchev–Trinajstić information content (AvgIpc) is 3.36. The van der Waals surface area contributed by atoms with Gasteiger partial charge in [0, 0.05) is 18.9 Å². The molecule has 1 unspecified atom stereocenters. The van der Waals surface area contributed by atoms with E-state index in [1.54, 1.807) is 16.9 Å². The summed E-state index contributed by atoms with van der Waals surface area (Å²) in [6.07, 6.45) is 3.63. The molecule has 1 atom stereocenters. The molecule has 0 radical (unpaired) electrons. The number of benzene rings is 1. The summed E-state index contributed by atoms with van der Waals surface area (Å²) in [6, 6.07) is 11.4. The molecular formula is C21H27N5O2. The minimum Gasteiger partial charge on any atom is -0.471 e. The predicted molar refractivity (Wildman–Crippen MR) is 107 cm³/mol. The molecule has 1 aromatic carbocycles. The molecule has 0 aliphatic carbocycles. The van der Waals surface area contributed by atoms with Crippen molar-refractivity contribution in [2.24, 2.45) is 0 Å². The van der Waals surface area contributed by atoms with E-state index in [4.69, 9.17) is 4.74 Å². The molecule has 3 rings (SSSR count). The lowest BCUT2D eigenvalue weighted by Crippen LogP contribution is -2.27. The molecule has 0 saturated heterocycles. The van der Waals surface area contributed by atoms with Gasteiger partial charge in [0.25, 0.3) is 5.91 Å². The second-order valence-electron chi connectivity index (χ2n) is 7.03. The highest BCUT2D eigenvalue weighted by Crippen LogP contribution is 2.18. The zero-order valence-corrected chi connectivity index (χ0v) is 16.8. The Labute approximate surface area is 165 Å². The Hall–Kier alpha value is -3.09. The van der Waals surface area contributed by atoms with E-state index in [1.807, 2.05) is 42.9 Å². The fraction of sp³-hybridized carbons (Fsp3) is 0.381. The van der Waals surface area contributed by atoms with E-state index in [2.05, 4.69) is 41.5 Å². The quantitative estimate of drug-likeness (QED) is 0.645. The first-order chi connectivity index (χ1) is 13.5. The van der Waals surface area contributed by atoms with Gasteiger partial charge in [-0.1, -0.05) is 26.0 Å². The largest absolute Gasteiger partial charge is 0.471 e. The molecule has 0 bridgehead atoms. The summed E-state index contributed by atoms with van der Waals surface area (Å²) in [5.74, 6) is 1.02. The van der Waals surface area contributed by atoms with Crippen molar-refractivity contribution in [3.63, 3.8) is 0 Å². The van der Waals surface area contributed by atoms with E-state index in [-0.39, 0.29) is 18.7 Å². The lowest BCUT2D eigenvalue weighted by Gasteiger charge is -2.10. The highest BCUT2D eigenvalue weighted by atomic mass is 16.5. The first-order valence-electron chi connectivity index (χ1n) is 9.56. The van der Waals surface area contributed by atoms with Crippen molar-refractivity contribution in [3.05, 3.63) is 65.7 Å². The molecule has 7 heteroatoms. The van der Waals surface area contributed by atoms with Crippen LogP contribution in [0.4, 0.5) is 0 Å². The third-order valence-corrected chi connectivity index (χ3v) is 4.56. The minimum atomic E-state index is -0.237. The van der Waals surface area contributed by atoms with E-state index in [1.165, 1.54) is 5.56 Å². The van der Waals surface area contributed by atoms with E-state index in [0.29, 0.717) is 11.6 Å². The number of nitrogens with zero attached hydrogens (tertiary/aromatic N) is 4. The highest BCUT2D eigenvalue weighted by Gasteiger charge is 2.15. The molecule has 0 fully saturated rings. The van der Waals surface area contributed by atoms with Crippen molar-refractivity contribution < 1.29 is 9.53 Å². The van der Waals surface area contributed by atoms with Gasteiger partial charge in [0.05, 0.1) is 11.7 Å². The lowest BCUT2D eigenvalue weighted by molar-refractivity contribution is 0.0932. The molecule has 0 aliphatic heterocycles. The van der Waals surface area contributed by atoms with Gasteiger partial charge >= 0.3 is 0 Å². The van der Waals surface area contributed by atoms with Crippen LogP contribution in [0.1, 0.15) is 61.4 Å². The maximum atomic E-state index is 12.4. The number of nitrogens with one attached hydrogen (secondary N) is 1. The smallest absolute Gasteiger partial charge is 0.272 e.